The van der Waals surface area contributed by atoms with Crippen LogP contribution in [0.2, 0.25) is 0 Å². The number of nitrogens with zero attached hydrogens (tertiary/aromatic N) is 2. The molecule has 0 aliphatic carbocycles. The second-order valence-electron chi connectivity index (χ2n) is 4.09. The van der Waals surface area contributed by atoms with Crippen molar-refractivity contribution in [2.24, 2.45) is 0 Å². The SMILES string of the molecule is CN(CC(=O)c1cccc(Br)c1)Cc1cscn1. The highest BCUT2D eigenvalue weighted by molar-refractivity contribution is 9.10. The van der Waals surface area contributed by atoms with Crippen molar-refractivity contribution in [3.63, 3.8) is 0 Å². The van der Waals surface area contributed by atoms with E-state index in [1.807, 2.05) is 41.6 Å². The summed E-state index contributed by atoms with van der Waals surface area (Å²) in [6.45, 7) is 1.09. The minimum atomic E-state index is 0.119. The molecule has 1 heterocycles. The number of ketones is 1. The van der Waals surface area contributed by atoms with Crippen molar-refractivity contribution >= 4 is 33.0 Å². The molecule has 5 heteroatoms. The minimum Gasteiger partial charge on any atom is -0.293 e. The molecule has 0 aliphatic heterocycles. The van der Waals surface area contributed by atoms with E-state index in [2.05, 4.69) is 20.9 Å². The molecule has 0 spiro atoms. The van der Waals surface area contributed by atoms with Crippen LogP contribution in [0.3, 0.4) is 0 Å². The minimum absolute atomic E-state index is 0.119. The lowest BCUT2D eigenvalue weighted by Gasteiger charge is -2.14. The average molecular weight is 325 g/mol. The Balaban J connectivity index is 1.95. The summed E-state index contributed by atoms with van der Waals surface area (Å²) >= 11 is 4.94. The van der Waals surface area contributed by atoms with Crippen LogP contribution in [0.1, 0.15) is 16.1 Å². The maximum atomic E-state index is 12.1. The first-order chi connectivity index (χ1) is 8.65. The summed E-state index contributed by atoms with van der Waals surface area (Å²) in [7, 11) is 1.93. The van der Waals surface area contributed by atoms with Gasteiger partial charge in [0.15, 0.2) is 5.78 Å². The standard InChI is InChI=1S/C13H13BrN2OS/c1-16(6-12-8-18-9-15-12)7-13(17)10-3-2-4-11(14)5-10/h2-5,8-9H,6-7H2,1H3. The zero-order chi connectivity index (χ0) is 13.0. The van der Waals surface area contributed by atoms with Gasteiger partial charge in [-0.15, -0.1) is 11.3 Å². The number of thiazole rings is 1. The van der Waals surface area contributed by atoms with E-state index in [0.717, 1.165) is 15.7 Å². The highest BCUT2D eigenvalue weighted by atomic mass is 79.9. The maximum Gasteiger partial charge on any atom is 0.176 e. The Morgan fingerprint density at radius 2 is 2.33 bits per heavy atom. The number of carbonyl (C=O) groups excluding carboxylic acids is 1. The molecule has 0 bridgehead atoms. The zero-order valence-electron chi connectivity index (χ0n) is 9.97. The maximum absolute atomic E-state index is 12.1. The van der Waals surface area contributed by atoms with E-state index in [1.54, 1.807) is 16.8 Å². The van der Waals surface area contributed by atoms with Crippen LogP contribution in [0.5, 0.6) is 0 Å². The van der Waals surface area contributed by atoms with Gasteiger partial charge in [0.2, 0.25) is 0 Å². The van der Waals surface area contributed by atoms with Crippen LogP contribution < -0.4 is 0 Å². The molecule has 18 heavy (non-hydrogen) atoms. The molecule has 1 aromatic heterocycles. The number of halogens is 1. The highest BCUT2D eigenvalue weighted by Crippen LogP contribution is 2.13. The molecular formula is C13H13BrN2OS. The molecule has 0 radical (unpaired) electrons. The van der Waals surface area contributed by atoms with Gasteiger partial charge in [0.25, 0.3) is 0 Å². The first-order valence-electron chi connectivity index (χ1n) is 5.49. The summed E-state index contributed by atoms with van der Waals surface area (Å²) in [6, 6.07) is 7.47. The van der Waals surface area contributed by atoms with Crippen LogP contribution in [-0.4, -0.2) is 29.3 Å². The van der Waals surface area contributed by atoms with Crippen LogP contribution in [0.4, 0.5) is 0 Å². The molecule has 0 atom stereocenters. The van der Waals surface area contributed by atoms with Gasteiger partial charge < -0.3 is 0 Å². The largest absolute Gasteiger partial charge is 0.293 e. The molecule has 0 fully saturated rings. The van der Waals surface area contributed by atoms with Crippen LogP contribution in [0.15, 0.2) is 39.6 Å². The zero-order valence-corrected chi connectivity index (χ0v) is 12.4. The van der Waals surface area contributed by atoms with Gasteiger partial charge in [-0.2, -0.15) is 0 Å². The van der Waals surface area contributed by atoms with Crippen LogP contribution in [0.25, 0.3) is 0 Å². The summed E-state index contributed by atoms with van der Waals surface area (Å²) < 4.78 is 0.926. The Morgan fingerprint density at radius 3 is 3.00 bits per heavy atom. The van der Waals surface area contributed by atoms with Crippen molar-refractivity contribution < 1.29 is 4.79 Å². The highest BCUT2D eigenvalue weighted by Gasteiger charge is 2.10. The topological polar surface area (TPSA) is 33.2 Å². The quantitative estimate of drug-likeness (QED) is 0.792. The Hall–Kier alpha value is -1.04. The Labute approximate surface area is 119 Å². The molecular weight excluding hydrogens is 312 g/mol. The molecule has 1 aromatic carbocycles. The average Bonchev–Trinajstić information content (AvgIpc) is 2.81. The molecule has 3 nitrogen and oxygen atoms in total. The van der Waals surface area contributed by atoms with Crippen molar-refractivity contribution in [3.05, 3.63) is 50.9 Å². The monoisotopic (exact) mass is 324 g/mol. The third kappa shape index (κ3) is 3.73. The Bertz CT molecular complexity index is 528. The fraction of sp³-hybridized carbons (Fsp3) is 0.231. The van der Waals surface area contributed by atoms with E-state index >= 15 is 0 Å². The van der Waals surface area contributed by atoms with Crippen LogP contribution in [-0.2, 0) is 6.54 Å². The van der Waals surface area contributed by atoms with Gasteiger partial charge >= 0.3 is 0 Å². The van der Waals surface area contributed by atoms with E-state index < -0.39 is 0 Å². The van der Waals surface area contributed by atoms with Crippen molar-refractivity contribution in [2.75, 3.05) is 13.6 Å². The van der Waals surface area contributed by atoms with Gasteiger partial charge in [-0.05, 0) is 19.2 Å². The number of likely N-dealkylation sites (N-methyl/N-ethyl adjacent to an activating group) is 1. The summed E-state index contributed by atoms with van der Waals surface area (Å²) in [4.78, 5) is 18.2. The van der Waals surface area contributed by atoms with Crippen molar-refractivity contribution in [2.45, 2.75) is 6.54 Å². The summed E-state index contributed by atoms with van der Waals surface area (Å²) in [5.41, 5.74) is 3.54. The van der Waals surface area contributed by atoms with E-state index in [9.17, 15) is 4.79 Å². The number of carbonyl (C=O) groups is 1. The van der Waals surface area contributed by atoms with Crippen molar-refractivity contribution in [1.29, 1.82) is 0 Å². The van der Waals surface area contributed by atoms with Crippen molar-refractivity contribution in [3.8, 4) is 0 Å². The number of hydrogen-bond acceptors (Lipinski definition) is 4. The first kappa shape index (κ1) is 13.4. The summed E-state index contributed by atoms with van der Waals surface area (Å²) in [5, 5.41) is 2.00. The number of Topliss-reactive ketones (excluding diaryl/α,β-unsaturated/α-hetero) is 1. The molecule has 0 saturated heterocycles. The molecule has 0 N–H and O–H groups in total. The number of benzene rings is 1. The summed E-state index contributed by atoms with van der Waals surface area (Å²) in [6.07, 6.45) is 0. The van der Waals surface area contributed by atoms with Gasteiger partial charge in [0.1, 0.15) is 0 Å². The molecule has 0 saturated carbocycles. The molecule has 0 aliphatic rings. The van der Waals surface area contributed by atoms with Crippen molar-refractivity contribution in [1.82, 2.24) is 9.88 Å². The number of rotatable bonds is 5. The third-order valence-electron chi connectivity index (χ3n) is 2.48. The second-order valence-corrected chi connectivity index (χ2v) is 5.72. The van der Waals surface area contributed by atoms with E-state index in [-0.39, 0.29) is 5.78 Å². The lowest BCUT2D eigenvalue weighted by molar-refractivity contribution is 0.0942. The molecule has 0 unspecified atom stereocenters. The lowest BCUT2D eigenvalue weighted by Crippen LogP contribution is -2.25. The predicted octanol–water partition coefficient (Wildman–Crippen LogP) is 3.22. The molecule has 0 amide bonds. The van der Waals surface area contributed by atoms with Gasteiger partial charge in [-0.3, -0.25) is 9.69 Å². The van der Waals surface area contributed by atoms with Gasteiger partial charge in [-0.1, -0.05) is 28.1 Å². The second kappa shape index (κ2) is 6.22. The number of hydrogen-bond donors (Lipinski definition) is 0. The van der Waals surface area contributed by atoms with Gasteiger partial charge in [0.05, 0.1) is 17.7 Å². The van der Waals surface area contributed by atoms with Crippen LogP contribution >= 0.6 is 27.3 Å². The fourth-order valence-electron chi connectivity index (χ4n) is 1.65. The molecule has 2 aromatic rings. The normalized spacial score (nSPS) is 10.8. The molecule has 2 rings (SSSR count). The third-order valence-corrected chi connectivity index (χ3v) is 3.60. The van der Waals surface area contributed by atoms with Gasteiger partial charge in [0, 0.05) is 22.0 Å². The van der Waals surface area contributed by atoms with E-state index in [4.69, 9.17) is 0 Å². The van der Waals surface area contributed by atoms with Gasteiger partial charge in [-0.25, -0.2) is 4.98 Å². The molecule has 94 valence electrons. The van der Waals surface area contributed by atoms with E-state index in [0.29, 0.717) is 13.1 Å². The Kier molecular flexibility index (Phi) is 4.63. The summed E-state index contributed by atoms with van der Waals surface area (Å²) in [5.74, 6) is 0.119. The number of aromatic nitrogens is 1. The first-order valence-corrected chi connectivity index (χ1v) is 7.23. The lowest BCUT2D eigenvalue weighted by atomic mass is 10.1. The fourth-order valence-corrected chi connectivity index (χ4v) is 2.60. The van der Waals surface area contributed by atoms with E-state index in [1.165, 1.54) is 0 Å². The predicted molar refractivity (Wildman–Crippen MR) is 76.9 cm³/mol. The Morgan fingerprint density at radius 1 is 1.50 bits per heavy atom. The smallest absolute Gasteiger partial charge is 0.176 e. The van der Waals surface area contributed by atoms with Crippen LogP contribution in [0, 0.1) is 0 Å².